The first kappa shape index (κ1) is 22.1. The van der Waals surface area contributed by atoms with Gasteiger partial charge in [0.15, 0.2) is 5.69 Å². The second kappa shape index (κ2) is 7.37. The minimum Gasteiger partial charge on any atom is -0.368 e. The van der Waals surface area contributed by atoms with Crippen molar-refractivity contribution < 1.29 is 9.59 Å². The van der Waals surface area contributed by atoms with Gasteiger partial charge in [-0.15, -0.1) is 0 Å². The monoisotopic (exact) mass is 500 g/mol. The number of carbonyl (C=O) groups is 2. The Morgan fingerprint density at radius 1 is 0.973 bits per heavy atom. The third-order valence-electron chi connectivity index (χ3n) is 10.5. The number of likely N-dealkylation sites (tertiary alicyclic amines) is 2. The van der Waals surface area contributed by atoms with Crippen molar-refractivity contribution in [1.82, 2.24) is 24.5 Å². The van der Waals surface area contributed by atoms with Gasteiger partial charge >= 0.3 is 0 Å². The summed E-state index contributed by atoms with van der Waals surface area (Å²) in [7, 11) is 2.17. The van der Waals surface area contributed by atoms with Crippen LogP contribution in [0.15, 0.2) is 18.2 Å². The van der Waals surface area contributed by atoms with Gasteiger partial charge in [-0.1, -0.05) is 12.1 Å². The largest absolute Gasteiger partial charge is 0.368 e. The molecule has 9 rings (SSSR count). The Morgan fingerprint density at radius 3 is 2.43 bits per heavy atom. The molecule has 3 aliphatic heterocycles. The number of aryl methyl sites for hydroxylation is 1. The summed E-state index contributed by atoms with van der Waals surface area (Å²) < 4.78 is 1.92. The number of nitrogens with zero attached hydrogens (tertiary/aromatic N) is 6. The van der Waals surface area contributed by atoms with Crippen molar-refractivity contribution in [2.45, 2.75) is 38.6 Å². The van der Waals surface area contributed by atoms with Gasteiger partial charge in [0.1, 0.15) is 6.54 Å². The average Bonchev–Trinajstić information content (AvgIpc) is 3.51. The van der Waals surface area contributed by atoms with Crippen molar-refractivity contribution in [1.29, 1.82) is 0 Å². The molecule has 4 atom stereocenters. The molecule has 2 amide bonds. The Bertz CT molecular complexity index is 1320. The normalized spacial score (nSPS) is 30.4. The summed E-state index contributed by atoms with van der Waals surface area (Å²) in [6.07, 6.45) is 1.18. The molecule has 4 aliphatic carbocycles. The highest BCUT2D eigenvalue weighted by Crippen LogP contribution is 2.88. The van der Waals surface area contributed by atoms with E-state index in [4.69, 9.17) is 5.10 Å². The molecule has 5 fully saturated rings. The van der Waals surface area contributed by atoms with Crippen molar-refractivity contribution in [3.05, 3.63) is 46.3 Å². The Kier molecular flexibility index (Phi) is 4.41. The third kappa shape index (κ3) is 3.08. The van der Waals surface area contributed by atoms with Crippen molar-refractivity contribution >= 4 is 17.5 Å². The lowest BCUT2D eigenvalue weighted by Gasteiger charge is -2.47. The van der Waals surface area contributed by atoms with Gasteiger partial charge in [-0.05, 0) is 68.8 Å². The summed E-state index contributed by atoms with van der Waals surface area (Å²) in [5.41, 5.74) is 7.25. The van der Waals surface area contributed by atoms with E-state index in [1.165, 1.54) is 34.5 Å². The number of anilines is 1. The van der Waals surface area contributed by atoms with E-state index >= 15 is 0 Å². The molecule has 2 bridgehead atoms. The number of rotatable bonds is 4. The molecule has 8 nitrogen and oxygen atoms in total. The average molecular weight is 501 g/mol. The number of piperazine rings is 1. The zero-order chi connectivity index (χ0) is 25.2. The lowest BCUT2D eigenvalue weighted by Crippen LogP contribution is -2.59. The second-order valence-electron chi connectivity index (χ2n) is 12.7. The van der Waals surface area contributed by atoms with E-state index in [1.807, 2.05) is 14.5 Å². The first-order valence-electron chi connectivity index (χ1n) is 14.0. The molecular weight excluding hydrogens is 464 g/mol. The molecule has 3 saturated heterocycles. The van der Waals surface area contributed by atoms with Crippen LogP contribution in [0.25, 0.3) is 0 Å². The molecule has 7 aliphatic rings. The number of hydrogen-bond acceptors (Lipinski definition) is 5. The summed E-state index contributed by atoms with van der Waals surface area (Å²) in [6.45, 7) is 11.6. The summed E-state index contributed by atoms with van der Waals surface area (Å²) in [5.74, 6) is 2.77. The molecule has 1 aromatic heterocycles. The molecule has 0 N–H and O–H groups in total. The van der Waals surface area contributed by atoms with Crippen LogP contribution in [0, 0.1) is 31.1 Å². The molecule has 8 heteroatoms. The smallest absolute Gasteiger partial charge is 0.274 e. The lowest BCUT2D eigenvalue weighted by molar-refractivity contribution is -0.132. The fourth-order valence-electron chi connectivity index (χ4n) is 8.19. The van der Waals surface area contributed by atoms with Gasteiger partial charge in [0, 0.05) is 74.1 Å². The van der Waals surface area contributed by atoms with Crippen molar-refractivity contribution in [2.75, 3.05) is 64.3 Å². The highest BCUT2D eigenvalue weighted by Gasteiger charge is 2.81. The van der Waals surface area contributed by atoms with Gasteiger partial charge in [0.05, 0.1) is 0 Å². The number of aromatic nitrogens is 2. The Morgan fingerprint density at radius 2 is 1.73 bits per heavy atom. The van der Waals surface area contributed by atoms with Crippen LogP contribution in [0.3, 0.4) is 0 Å². The van der Waals surface area contributed by atoms with E-state index < -0.39 is 0 Å². The summed E-state index contributed by atoms with van der Waals surface area (Å²) in [5, 5.41) is 4.83. The van der Waals surface area contributed by atoms with E-state index in [2.05, 4.69) is 48.9 Å². The molecule has 194 valence electrons. The van der Waals surface area contributed by atoms with Gasteiger partial charge in [-0.2, -0.15) is 5.10 Å². The van der Waals surface area contributed by atoms with Gasteiger partial charge in [-0.3, -0.25) is 14.3 Å². The number of benzene rings is 1. The molecule has 1 spiro atoms. The van der Waals surface area contributed by atoms with Gasteiger partial charge in [0.2, 0.25) is 5.91 Å². The van der Waals surface area contributed by atoms with E-state index in [9.17, 15) is 9.59 Å². The highest BCUT2D eigenvalue weighted by atomic mass is 16.2. The van der Waals surface area contributed by atoms with E-state index in [0.717, 1.165) is 64.2 Å². The van der Waals surface area contributed by atoms with Gasteiger partial charge in [-0.25, -0.2) is 0 Å². The summed E-state index contributed by atoms with van der Waals surface area (Å²) in [4.78, 5) is 35.7. The van der Waals surface area contributed by atoms with Crippen LogP contribution in [0.4, 0.5) is 5.69 Å². The third-order valence-corrected chi connectivity index (χ3v) is 10.5. The SMILES string of the molecule is Cc1cccc(N2CCN(C(=O)Cn3nc(C(=O)N4CC5(CCN(C)C5)C4)c4c3C3C5C4[C@@H]35)CC2)c1C. The van der Waals surface area contributed by atoms with Gasteiger partial charge in [0.25, 0.3) is 5.91 Å². The molecule has 4 heterocycles. The predicted octanol–water partition coefficient (Wildman–Crippen LogP) is 2.07. The number of amides is 2. The molecule has 3 unspecified atom stereocenters. The van der Waals surface area contributed by atoms with Crippen LogP contribution in [-0.2, 0) is 11.3 Å². The maximum Gasteiger partial charge on any atom is 0.274 e. The van der Waals surface area contributed by atoms with Crippen LogP contribution < -0.4 is 4.90 Å². The highest BCUT2D eigenvalue weighted by molar-refractivity contribution is 5.96. The van der Waals surface area contributed by atoms with Crippen LogP contribution in [0.2, 0.25) is 0 Å². The Labute approximate surface area is 218 Å². The minimum absolute atomic E-state index is 0.0942. The standard InChI is InChI=1S/C29H36N6O2/c1-17-5-4-6-19(18(17)2)32-9-11-33(12-10-32)20(36)13-35-27-24-21-22(24)23(21)25(27)26(30-35)28(37)34-15-29(16-34)7-8-31(3)14-29/h4-6,21-24H,7-16H2,1-3H3/t21-,22?,23?,24?/m0/s1. The van der Waals surface area contributed by atoms with E-state index in [0.29, 0.717) is 22.9 Å². The maximum absolute atomic E-state index is 13.5. The minimum atomic E-state index is 0.0942. The summed E-state index contributed by atoms with van der Waals surface area (Å²) in [6, 6.07) is 6.45. The summed E-state index contributed by atoms with van der Waals surface area (Å²) >= 11 is 0. The predicted molar refractivity (Wildman–Crippen MR) is 140 cm³/mol. The van der Waals surface area contributed by atoms with Crippen LogP contribution in [-0.4, -0.2) is 95.7 Å². The lowest BCUT2D eigenvalue weighted by atomic mass is 9.79. The fraction of sp³-hybridized carbons (Fsp3) is 0.621. The molecule has 0 radical (unpaired) electrons. The van der Waals surface area contributed by atoms with Crippen LogP contribution in [0.1, 0.15) is 51.1 Å². The molecule has 2 aromatic rings. The topological polar surface area (TPSA) is 64.9 Å². The first-order chi connectivity index (χ1) is 17.8. The van der Waals surface area contributed by atoms with Gasteiger partial charge < -0.3 is 19.6 Å². The van der Waals surface area contributed by atoms with Crippen molar-refractivity contribution in [3.63, 3.8) is 0 Å². The zero-order valence-electron chi connectivity index (χ0n) is 22.1. The Balaban J connectivity index is 0.961. The fourth-order valence-corrected chi connectivity index (χ4v) is 8.19. The van der Waals surface area contributed by atoms with Crippen molar-refractivity contribution in [2.24, 2.45) is 17.3 Å². The molecular formula is C29H36N6O2. The zero-order valence-corrected chi connectivity index (χ0v) is 22.1. The van der Waals surface area contributed by atoms with Crippen molar-refractivity contribution in [3.8, 4) is 0 Å². The molecule has 37 heavy (non-hydrogen) atoms. The second-order valence-corrected chi connectivity index (χ2v) is 12.7. The molecule has 2 saturated carbocycles. The quantitative estimate of drug-likeness (QED) is 0.643. The number of carbonyl (C=O) groups excluding carboxylic acids is 2. The maximum atomic E-state index is 13.5. The number of hydrogen-bond donors (Lipinski definition) is 0. The van der Waals surface area contributed by atoms with E-state index in [-0.39, 0.29) is 18.4 Å². The Hall–Kier alpha value is -2.87. The first-order valence-corrected chi connectivity index (χ1v) is 14.0. The molecule has 1 aromatic carbocycles. The van der Waals surface area contributed by atoms with E-state index in [1.54, 1.807) is 0 Å². The van der Waals surface area contributed by atoms with Crippen LogP contribution in [0.5, 0.6) is 0 Å². The van der Waals surface area contributed by atoms with Crippen LogP contribution >= 0.6 is 0 Å².